The summed E-state index contributed by atoms with van der Waals surface area (Å²) in [6, 6.07) is 2.02. The zero-order valence-electron chi connectivity index (χ0n) is 12.1. The van der Waals surface area contributed by atoms with Gasteiger partial charge in [-0.05, 0) is 30.7 Å². The Morgan fingerprint density at radius 3 is 2.56 bits per heavy atom. The molecule has 0 saturated carbocycles. The summed E-state index contributed by atoms with van der Waals surface area (Å²) in [5, 5.41) is 12.3. The summed E-state index contributed by atoms with van der Waals surface area (Å²) in [6.45, 7) is 11.4. The Morgan fingerprint density at radius 1 is 1.33 bits per heavy atom. The summed E-state index contributed by atoms with van der Waals surface area (Å²) in [5.74, 6) is 1.09. The maximum absolute atomic E-state index is 9.00. The normalized spacial score (nSPS) is 11.9. The molecule has 0 unspecified atom stereocenters. The molecule has 0 saturated heterocycles. The highest BCUT2D eigenvalue weighted by atomic mass is 16.3. The van der Waals surface area contributed by atoms with Crippen LogP contribution >= 0.6 is 0 Å². The number of hydrogen-bond acceptors (Lipinski definition) is 4. The summed E-state index contributed by atoms with van der Waals surface area (Å²) in [7, 11) is 0. The van der Waals surface area contributed by atoms with Crippen molar-refractivity contribution < 1.29 is 5.11 Å². The first-order valence-electron chi connectivity index (χ1n) is 6.54. The molecule has 1 heterocycles. The predicted octanol–water partition coefficient (Wildman–Crippen LogP) is 2.73. The third-order valence-electron chi connectivity index (χ3n) is 2.98. The first-order chi connectivity index (χ1) is 8.34. The molecule has 102 valence electrons. The van der Waals surface area contributed by atoms with Gasteiger partial charge in [-0.2, -0.15) is 0 Å². The van der Waals surface area contributed by atoms with Crippen LogP contribution in [0.5, 0.6) is 0 Å². The van der Waals surface area contributed by atoms with Gasteiger partial charge in [-0.1, -0.05) is 27.7 Å². The lowest BCUT2D eigenvalue weighted by atomic mass is 9.90. The Morgan fingerprint density at radius 2 is 2.00 bits per heavy atom. The molecule has 0 bridgehead atoms. The van der Waals surface area contributed by atoms with Gasteiger partial charge in [0.15, 0.2) is 0 Å². The minimum atomic E-state index is 0.0415. The first-order valence-corrected chi connectivity index (χ1v) is 6.54. The van der Waals surface area contributed by atoms with E-state index in [-0.39, 0.29) is 12.0 Å². The van der Waals surface area contributed by atoms with Gasteiger partial charge < -0.3 is 10.4 Å². The molecule has 0 amide bonds. The molecule has 0 radical (unpaired) electrons. The third kappa shape index (κ3) is 4.61. The Kier molecular flexibility index (Phi) is 5.08. The van der Waals surface area contributed by atoms with E-state index >= 15 is 0 Å². The van der Waals surface area contributed by atoms with Crippen LogP contribution < -0.4 is 5.32 Å². The summed E-state index contributed by atoms with van der Waals surface area (Å²) in [4.78, 5) is 8.91. The van der Waals surface area contributed by atoms with Crippen LogP contribution in [0.25, 0.3) is 0 Å². The van der Waals surface area contributed by atoms with Crippen molar-refractivity contribution in [2.24, 2.45) is 5.41 Å². The Bertz CT molecular complexity index is 389. The number of aryl methyl sites for hydroxylation is 1. The van der Waals surface area contributed by atoms with Crippen LogP contribution in [0.3, 0.4) is 0 Å². The van der Waals surface area contributed by atoms with E-state index in [0.717, 1.165) is 24.4 Å². The second kappa shape index (κ2) is 6.14. The van der Waals surface area contributed by atoms with Crippen molar-refractivity contribution in [1.29, 1.82) is 0 Å². The van der Waals surface area contributed by atoms with Crippen LogP contribution in [-0.4, -0.2) is 28.2 Å². The number of rotatable bonds is 6. The van der Waals surface area contributed by atoms with Gasteiger partial charge in [0.25, 0.3) is 0 Å². The van der Waals surface area contributed by atoms with E-state index in [0.29, 0.717) is 11.9 Å². The standard InChI is InChI=1S/C14H25N3O/c1-10(2)12-8-11(3)16-13(17-12)15-9-14(4,5)6-7-18/h8,10,18H,6-7,9H2,1-5H3,(H,15,16,17). The highest BCUT2D eigenvalue weighted by Gasteiger charge is 2.17. The van der Waals surface area contributed by atoms with Crippen molar-refractivity contribution in [2.45, 2.75) is 47.0 Å². The van der Waals surface area contributed by atoms with Gasteiger partial charge in [-0.25, -0.2) is 9.97 Å². The molecular formula is C14H25N3O. The van der Waals surface area contributed by atoms with Crippen molar-refractivity contribution in [2.75, 3.05) is 18.5 Å². The highest BCUT2D eigenvalue weighted by Crippen LogP contribution is 2.20. The number of nitrogens with zero attached hydrogens (tertiary/aromatic N) is 2. The maximum Gasteiger partial charge on any atom is 0.223 e. The van der Waals surface area contributed by atoms with E-state index in [2.05, 4.69) is 43.0 Å². The molecular weight excluding hydrogens is 226 g/mol. The summed E-state index contributed by atoms with van der Waals surface area (Å²) in [6.07, 6.45) is 0.767. The van der Waals surface area contributed by atoms with E-state index in [1.807, 2.05) is 13.0 Å². The summed E-state index contributed by atoms with van der Waals surface area (Å²) in [5.41, 5.74) is 2.08. The molecule has 1 rings (SSSR count). The van der Waals surface area contributed by atoms with Crippen molar-refractivity contribution >= 4 is 5.95 Å². The van der Waals surface area contributed by atoms with Crippen molar-refractivity contribution in [3.8, 4) is 0 Å². The number of aliphatic hydroxyl groups is 1. The van der Waals surface area contributed by atoms with Gasteiger partial charge in [0.05, 0.1) is 0 Å². The molecule has 2 N–H and O–H groups in total. The van der Waals surface area contributed by atoms with Crippen molar-refractivity contribution in [3.05, 3.63) is 17.5 Å². The predicted molar refractivity (Wildman–Crippen MR) is 74.8 cm³/mol. The minimum absolute atomic E-state index is 0.0415. The van der Waals surface area contributed by atoms with E-state index < -0.39 is 0 Å². The number of aromatic nitrogens is 2. The first kappa shape index (κ1) is 14.9. The van der Waals surface area contributed by atoms with Crippen molar-refractivity contribution in [3.63, 3.8) is 0 Å². The Balaban J connectivity index is 2.73. The molecule has 0 atom stereocenters. The highest BCUT2D eigenvalue weighted by molar-refractivity contribution is 5.29. The number of hydrogen-bond donors (Lipinski definition) is 2. The molecule has 0 aromatic carbocycles. The lowest BCUT2D eigenvalue weighted by Gasteiger charge is -2.24. The monoisotopic (exact) mass is 251 g/mol. The van der Waals surface area contributed by atoms with Gasteiger partial charge in [-0.3, -0.25) is 0 Å². The average molecular weight is 251 g/mol. The van der Waals surface area contributed by atoms with Crippen LogP contribution in [0.1, 0.15) is 51.4 Å². The second-order valence-corrected chi connectivity index (χ2v) is 5.90. The van der Waals surface area contributed by atoms with E-state index in [1.165, 1.54) is 0 Å². The van der Waals surface area contributed by atoms with Crippen LogP contribution in [0.4, 0.5) is 5.95 Å². The second-order valence-electron chi connectivity index (χ2n) is 5.90. The molecule has 4 nitrogen and oxygen atoms in total. The third-order valence-corrected chi connectivity index (χ3v) is 2.98. The molecule has 1 aromatic heterocycles. The topological polar surface area (TPSA) is 58.0 Å². The van der Waals surface area contributed by atoms with Crippen LogP contribution in [0.15, 0.2) is 6.07 Å². The quantitative estimate of drug-likeness (QED) is 0.816. The van der Waals surface area contributed by atoms with Gasteiger partial charge in [0, 0.05) is 24.5 Å². The Labute approximate surface area is 110 Å². The van der Waals surface area contributed by atoms with Crippen LogP contribution in [0.2, 0.25) is 0 Å². The molecule has 1 aromatic rings. The average Bonchev–Trinajstić information content (AvgIpc) is 2.26. The van der Waals surface area contributed by atoms with Gasteiger partial charge in [-0.15, -0.1) is 0 Å². The van der Waals surface area contributed by atoms with Crippen LogP contribution in [-0.2, 0) is 0 Å². The van der Waals surface area contributed by atoms with E-state index in [9.17, 15) is 0 Å². The molecule has 0 aliphatic rings. The van der Waals surface area contributed by atoms with Gasteiger partial charge in [0.1, 0.15) is 0 Å². The molecule has 4 heteroatoms. The fraction of sp³-hybridized carbons (Fsp3) is 0.714. The fourth-order valence-corrected chi connectivity index (χ4v) is 1.68. The minimum Gasteiger partial charge on any atom is -0.396 e. The van der Waals surface area contributed by atoms with Gasteiger partial charge >= 0.3 is 0 Å². The zero-order chi connectivity index (χ0) is 13.8. The lowest BCUT2D eigenvalue weighted by Crippen LogP contribution is -2.25. The molecule has 0 aliphatic carbocycles. The SMILES string of the molecule is Cc1cc(C(C)C)nc(NCC(C)(C)CCO)n1. The van der Waals surface area contributed by atoms with Gasteiger partial charge in [0.2, 0.25) is 5.95 Å². The zero-order valence-corrected chi connectivity index (χ0v) is 12.1. The summed E-state index contributed by atoms with van der Waals surface area (Å²) < 4.78 is 0. The molecule has 18 heavy (non-hydrogen) atoms. The lowest BCUT2D eigenvalue weighted by molar-refractivity contribution is 0.220. The van der Waals surface area contributed by atoms with Crippen molar-refractivity contribution in [1.82, 2.24) is 9.97 Å². The largest absolute Gasteiger partial charge is 0.396 e. The molecule has 0 fully saturated rings. The molecule has 0 aliphatic heterocycles. The summed E-state index contributed by atoms with van der Waals surface area (Å²) >= 11 is 0. The fourth-order valence-electron chi connectivity index (χ4n) is 1.68. The van der Waals surface area contributed by atoms with E-state index in [4.69, 9.17) is 5.11 Å². The molecule has 0 spiro atoms. The van der Waals surface area contributed by atoms with Crippen LogP contribution in [0, 0.1) is 12.3 Å². The number of nitrogens with one attached hydrogen (secondary N) is 1. The Hall–Kier alpha value is -1.16. The maximum atomic E-state index is 9.00. The number of aliphatic hydroxyl groups excluding tert-OH is 1. The smallest absolute Gasteiger partial charge is 0.223 e. The number of anilines is 1. The van der Waals surface area contributed by atoms with E-state index in [1.54, 1.807) is 0 Å².